The lowest BCUT2D eigenvalue weighted by molar-refractivity contribution is -0.385. The molecule has 0 unspecified atom stereocenters. The molecule has 1 aromatic heterocycles. The van der Waals surface area contributed by atoms with Crippen LogP contribution in [0, 0.1) is 22.9 Å². The van der Waals surface area contributed by atoms with Gasteiger partial charge < -0.3 is 14.7 Å². The second kappa shape index (κ2) is 9.60. The SMILES string of the molecule is Cc1nc(OCCCCO)c([N+](=O)[O-])c(N2CCC(c3ccc(F)cc3)CC2)n1. The van der Waals surface area contributed by atoms with E-state index in [0.29, 0.717) is 31.8 Å². The van der Waals surface area contributed by atoms with Crippen LogP contribution in [0.3, 0.4) is 0 Å². The molecule has 156 valence electrons. The number of aliphatic hydroxyl groups is 1. The van der Waals surface area contributed by atoms with Crippen LogP contribution in [0.4, 0.5) is 15.9 Å². The van der Waals surface area contributed by atoms with Crippen LogP contribution in [0.25, 0.3) is 0 Å². The number of benzene rings is 1. The minimum Gasteiger partial charge on any atom is -0.473 e. The summed E-state index contributed by atoms with van der Waals surface area (Å²) in [6.45, 7) is 3.16. The van der Waals surface area contributed by atoms with Crippen molar-refractivity contribution in [1.29, 1.82) is 0 Å². The zero-order valence-corrected chi connectivity index (χ0v) is 16.4. The first kappa shape index (κ1) is 20.9. The van der Waals surface area contributed by atoms with Crippen molar-refractivity contribution in [3.05, 3.63) is 51.6 Å². The lowest BCUT2D eigenvalue weighted by Gasteiger charge is -2.32. The molecule has 1 fully saturated rings. The number of aryl methyl sites for hydroxylation is 1. The van der Waals surface area contributed by atoms with E-state index in [1.54, 1.807) is 19.1 Å². The molecule has 1 aliphatic rings. The van der Waals surface area contributed by atoms with Crippen LogP contribution in [-0.2, 0) is 0 Å². The van der Waals surface area contributed by atoms with Gasteiger partial charge in [0.2, 0.25) is 5.82 Å². The van der Waals surface area contributed by atoms with Gasteiger partial charge in [-0.2, -0.15) is 4.98 Å². The molecule has 1 saturated heterocycles. The van der Waals surface area contributed by atoms with E-state index in [1.807, 2.05) is 4.90 Å². The minimum atomic E-state index is -0.498. The Bertz CT molecular complexity index is 839. The van der Waals surface area contributed by atoms with Gasteiger partial charge in [0.15, 0.2) is 0 Å². The van der Waals surface area contributed by atoms with Crippen molar-refractivity contribution in [3.8, 4) is 5.88 Å². The Kier molecular flexibility index (Phi) is 6.92. The summed E-state index contributed by atoms with van der Waals surface area (Å²) in [4.78, 5) is 21.6. The van der Waals surface area contributed by atoms with Gasteiger partial charge in [-0.1, -0.05) is 12.1 Å². The van der Waals surface area contributed by atoms with E-state index in [0.717, 1.165) is 18.4 Å². The Balaban J connectivity index is 1.76. The van der Waals surface area contributed by atoms with E-state index in [1.165, 1.54) is 12.1 Å². The Labute approximate surface area is 168 Å². The number of aliphatic hydroxyl groups excluding tert-OH is 1. The first-order chi connectivity index (χ1) is 14.0. The third-order valence-corrected chi connectivity index (χ3v) is 5.06. The number of unbranched alkanes of at least 4 members (excludes halogenated alkanes) is 1. The number of anilines is 1. The molecule has 3 rings (SSSR count). The maximum atomic E-state index is 13.2. The van der Waals surface area contributed by atoms with Gasteiger partial charge in [-0.05, 0) is 56.2 Å². The number of ether oxygens (including phenoxy) is 1. The quantitative estimate of drug-likeness (QED) is 0.409. The number of piperidine rings is 1. The second-order valence-corrected chi connectivity index (χ2v) is 7.10. The molecule has 0 amide bonds. The van der Waals surface area contributed by atoms with Gasteiger partial charge in [0, 0.05) is 19.7 Å². The molecule has 2 aromatic rings. The number of halogens is 1. The Hall–Kier alpha value is -2.81. The van der Waals surface area contributed by atoms with Crippen LogP contribution >= 0.6 is 0 Å². The summed E-state index contributed by atoms with van der Waals surface area (Å²) < 4.78 is 18.7. The molecule has 0 radical (unpaired) electrons. The first-order valence-corrected chi connectivity index (χ1v) is 9.76. The van der Waals surface area contributed by atoms with Crippen molar-refractivity contribution in [1.82, 2.24) is 9.97 Å². The maximum Gasteiger partial charge on any atom is 0.372 e. The van der Waals surface area contributed by atoms with E-state index in [2.05, 4.69) is 9.97 Å². The zero-order valence-electron chi connectivity index (χ0n) is 16.4. The second-order valence-electron chi connectivity index (χ2n) is 7.10. The average molecular weight is 404 g/mol. The van der Waals surface area contributed by atoms with Gasteiger partial charge in [0.05, 0.1) is 11.5 Å². The normalized spacial score (nSPS) is 14.8. The van der Waals surface area contributed by atoms with E-state index < -0.39 is 4.92 Å². The molecule has 1 aromatic carbocycles. The summed E-state index contributed by atoms with van der Waals surface area (Å²) in [6.07, 6.45) is 2.72. The summed E-state index contributed by atoms with van der Waals surface area (Å²) in [6, 6.07) is 6.51. The fourth-order valence-corrected chi connectivity index (χ4v) is 3.55. The van der Waals surface area contributed by atoms with Crippen molar-refractivity contribution in [3.63, 3.8) is 0 Å². The monoisotopic (exact) mass is 404 g/mol. The molecule has 2 heterocycles. The molecule has 9 heteroatoms. The van der Waals surface area contributed by atoms with Crippen molar-refractivity contribution >= 4 is 11.5 Å². The third kappa shape index (κ3) is 5.17. The van der Waals surface area contributed by atoms with Crippen LogP contribution in [0.15, 0.2) is 24.3 Å². The number of hydrogen-bond acceptors (Lipinski definition) is 7. The van der Waals surface area contributed by atoms with Gasteiger partial charge in [0.1, 0.15) is 11.6 Å². The largest absolute Gasteiger partial charge is 0.473 e. The van der Waals surface area contributed by atoms with Crippen molar-refractivity contribution < 1.29 is 19.2 Å². The van der Waals surface area contributed by atoms with E-state index in [9.17, 15) is 14.5 Å². The third-order valence-electron chi connectivity index (χ3n) is 5.06. The van der Waals surface area contributed by atoms with Crippen molar-refractivity contribution in [2.24, 2.45) is 0 Å². The topological polar surface area (TPSA) is 102 Å². The molecule has 8 nitrogen and oxygen atoms in total. The summed E-state index contributed by atoms with van der Waals surface area (Å²) in [5, 5.41) is 20.6. The molecule has 0 atom stereocenters. The molecule has 0 bridgehead atoms. The number of rotatable bonds is 8. The summed E-state index contributed by atoms with van der Waals surface area (Å²) in [5.74, 6) is 0.671. The van der Waals surface area contributed by atoms with Crippen molar-refractivity contribution in [2.45, 2.75) is 38.5 Å². The van der Waals surface area contributed by atoms with Crippen LogP contribution in [0.2, 0.25) is 0 Å². The summed E-state index contributed by atoms with van der Waals surface area (Å²) in [5.41, 5.74) is 0.854. The fourth-order valence-electron chi connectivity index (χ4n) is 3.55. The highest BCUT2D eigenvalue weighted by Crippen LogP contribution is 2.37. The van der Waals surface area contributed by atoms with Crippen LogP contribution < -0.4 is 9.64 Å². The highest BCUT2D eigenvalue weighted by molar-refractivity contribution is 5.63. The number of nitrogens with zero attached hydrogens (tertiary/aromatic N) is 4. The van der Waals surface area contributed by atoms with Crippen molar-refractivity contribution in [2.75, 3.05) is 31.2 Å². The summed E-state index contributed by atoms with van der Waals surface area (Å²) in [7, 11) is 0. The molecule has 1 N–H and O–H groups in total. The van der Waals surface area contributed by atoms with E-state index >= 15 is 0 Å². The van der Waals surface area contributed by atoms with Gasteiger partial charge in [-0.3, -0.25) is 10.1 Å². The minimum absolute atomic E-state index is 0.0314. The average Bonchev–Trinajstić information content (AvgIpc) is 2.71. The van der Waals surface area contributed by atoms with Crippen LogP contribution in [0.5, 0.6) is 5.88 Å². The number of nitro groups is 1. The van der Waals surface area contributed by atoms with Gasteiger partial charge >= 0.3 is 5.69 Å². The number of hydrogen-bond donors (Lipinski definition) is 1. The number of aromatic nitrogens is 2. The summed E-state index contributed by atoms with van der Waals surface area (Å²) >= 11 is 0. The Morgan fingerprint density at radius 2 is 1.93 bits per heavy atom. The molecule has 29 heavy (non-hydrogen) atoms. The molecular weight excluding hydrogens is 379 g/mol. The van der Waals surface area contributed by atoms with Gasteiger partial charge in [-0.25, -0.2) is 9.37 Å². The smallest absolute Gasteiger partial charge is 0.372 e. The standard InChI is InChI=1S/C20H25FN4O4/c1-14-22-19(18(25(27)28)20(23-14)29-13-3-2-12-26)24-10-8-16(9-11-24)15-4-6-17(21)7-5-15/h4-7,16,26H,2-3,8-13H2,1H3. The lowest BCUT2D eigenvalue weighted by Crippen LogP contribution is -2.34. The van der Waals surface area contributed by atoms with E-state index in [4.69, 9.17) is 9.84 Å². The lowest BCUT2D eigenvalue weighted by atomic mass is 9.89. The molecule has 0 aliphatic carbocycles. The molecule has 1 aliphatic heterocycles. The maximum absolute atomic E-state index is 13.2. The molecule has 0 saturated carbocycles. The molecular formula is C20H25FN4O4. The highest BCUT2D eigenvalue weighted by Gasteiger charge is 2.32. The van der Waals surface area contributed by atoms with Gasteiger partial charge in [0.25, 0.3) is 5.88 Å². The van der Waals surface area contributed by atoms with Crippen LogP contribution in [-0.4, -0.2) is 46.3 Å². The first-order valence-electron chi connectivity index (χ1n) is 9.76. The molecule has 0 spiro atoms. The van der Waals surface area contributed by atoms with E-state index in [-0.39, 0.29) is 42.3 Å². The zero-order chi connectivity index (χ0) is 20.8. The highest BCUT2D eigenvalue weighted by atomic mass is 19.1. The predicted molar refractivity (Wildman–Crippen MR) is 106 cm³/mol. The van der Waals surface area contributed by atoms with Crippen LogP contribution in [0.1, 0.15) is 43.0 Å². The van der Waals surface area contributed by atoms with Gasteiger partial charge in [-0.15, -0.1) is 0 Å². The fraction of sp³-hybridized carbons (Fsp3) is 0.500. The Morgan fingerprint density at radius 1 is 1.24 bits per heavy atom. The Morgan fingerprint density at radius 3 is 2.55 bits per heavy atom. The predicted octanol–water partition coefficient (Wildman–Crippen LogP) is 3.37.